The molecule has 1 aliphatic carbocycles. The number of hydrogen-bond donors (Lipinski definition) is 2. The number of aliphatic hydroxyl groups is 1. The third-order valence-electron chi connectivity index (χ3n) is 4.72. The van der Waals surface area contributed by atoms with E-state index in [1.165, 1.54) is 18.5 Å². The van der Waals surface area contributed by atoms with E-state index in [0.717, 1.165) is 44.8 Å². The highest BCUT2D eigenvalue weighted by molar-refractivity contribution is 7.20. The van der Waals surface area contributed by atoms with E-state index in [1.807, 2.05) is 7.05 Å². The molecule has 0 bridgehead atoms. The minimum absolute atomic E-state index is 0.0475. The van der Waals surface area contributed by atoms with Crippen molar-refractivity contribution >= 4 is 55.9 Å². The number of hydrogen-bond acceptors (Lipinski definition) is 7. The van der Waals surface area contributed by atoms with Gasteiger partial charge in [-0.05, 0) is 36.6 Å². The van der Waals surface area contributed by atoms with E-state index in [4.69, 9.17) is 16.7 Å². The van der Waals surface area contributed by atoms with Gasteiger partial charge in [-0.3, -0.25) is 5.01 Å². The van der Waals surface area contributed by atoms with Crippen LogP contribution >= 0.6 is 22.9 Å². The maximum absolute atomic E-state index is 13.5. The summed E-state index contributed by atoms with van der Waals surface area (Å²) < 4.78 is 13.5. The first-order valence-corrected chi connectivity index (χ1v) is 10.2. The molecule has 0 unspecified atom stereocenters. The Morgan fingerprint density at radius 2 is 2.21 bits per heavy atom. The van der Waals surface area contributed by atoms with Crippen LogP contribution in [0, 0.1) is 5.82 Å². The molecular formula is C20H19ClFN5OS. The van der Waals surface area contributed by atoms with Crippen molar-refractivity contribution in [2.24, 2.45) is 5.10 Å². The van der Waals surface area contributed by atoms with Crippen LogP contribution in [-0.2, 0) is 6.42 Å². The molecule has 4 rings (SSSR count). The highest BCUT2D eigenvalue weighted by Crippen LogP contribution is 2.42. The molecule has 0 saturated carbocycles. The molecular weight excluding hydrogens is 413 g/mol. The molecule has 3 aromatic rings. The van der Waals surface area contributed by atoms with E-state index < -0.39 is 5.82 Å². The van der Waals surface area contributed by atoms with Crippen LogP contribution in [0.5, 0.6) is 0 Å². The fourth-order valence-electron chi connectivity index (χ4n) is 3.31. The Bertz CT molecular complexity index is 1130. The fraction of sp³-hybridized carbons (Fsp3) is 0.250. The van der Waals surface area contributed by atoms with E-state index >= 15 is 0 Å². The number of aryl methyl sites for hydroxylation is 1. The number of thiophene rings is 1. The predicted molar refractivity (Wildman–Crippen MR) is 117 cm³/mol. The lowest BCUT2D eigenvalue weighted by molar-refractivity contribution is 0.226. The maximum Gasteiger partial charge on any atom is 0.142 e. The molecule has 0 radical (unpaired) electrons. The highest BCUT2D eigenvalue weighted by atomic mass is 35.5. The number of aliphatic hydroxyl groups excluding tert-OH is 1. The number of rotatable bonds is 5. The molecule has 0 saturated heterocycles. The number of nitrogens with one attached hydrogen (secondary N) is 1. The second-order valence-corrected chi connectivity index (χ2v) is 8.10. The molecule has 1 aliphatic rings. The van der Waals surface area contributed by atoms with Gasteiger partial charge in [-0.15, -0.1) is 11.3 Å². The van der Waals surface area contributed by atoms with Crippen molar-refractivity contribution < 1.29 is 9.50 Å². The van der Waals surface area contributed by atoms with Crippen LogP contribution in [0.2, 0.25) is 5.02 Å². The Morgan fingerprint density at radius 3 is 2.97 bits per heavy atom. The summed E-state index contributed by atoms with van der Waals surface area (Å²) in [7, 11) is 1.83. The summed E-state index contributed by atoms with van der Waals surface area (Å²) >= 11 is 7.46. The first-order chi connectivity index (χ1) is 14.0. The molecule has 2 N–H and O–H groups in total. The zero-order chi connectivity index (χ0) is 20.5. The average Bonchev–Trinajstić information content (AvgIpc) is 3.08. The van der Waals surface area contributed by atoms with Crippen LogP contribution in [0.15, 0.2) is 36.2 Å². The number of nitrogens with zero attached hydrogens (tertiary/aromatic N) is 4. The van der Waals surface area contributed by atoms with E-state index in [-0.39, 0.29) is 11.6 Å². The summed E-state index contributed by atoms with van der Waals surface area (Å²) in [6.45, 7) is 4.76. The number of halogens is 2. The van der Waals surface area contributed by atoms with Gasteiger partial charge in [0.1, 0.15) is 22.8 Å². The molecule has 0 spiro atoms. The number of likely N-dealkylation sites (N-methyl/N-ethyl adjacent to an activating group) is 1. The zero-order valence-corrected chi connectivity index (χ0v) is 17.3. The number of anilines is 2. The van der Waals surface area contributed by atoms with Crippen LogP contribution in [0.25, 0.3) is 15.8 Å². The minimum atomic E-state index is -0.466. The van der Waals surface area contributed by atoms with Crippen molar-refractivity contribution in [3.05, 3.63) is 52.4 Å². The number of fused-ring (bicyclic) bond motifs is 3. The Hall–Kier alpha value is -2.55. The van der Waals surface area contributed by atoms with Gasteiger partial charge in [0.2, 0.25) is 0 Å². The first-order valence-electron chi connectivity index (χ1n) is 9.05. The summed E-state index contributed by atoms with van der Waals surface area (Å²) in [4.78, 5) is 10.7. The van der Waals surface area contributed by atoms with Crippen molar-refractivity contribution in [3.8, 4) is 0 Å². The van der Waals surface area contributed by atoms with E-state index in [9.17, 15) is 4.39 Å². The number of benzene rings is 1. The largest absolute Gasteiger partial charge is 0.394 e. The van der Waals surface area contributed by atoms with Gasteiger partial charge >= 0.3 is 0 Å². The molecule has 0 aliphatic heterocycles. The second-order valence-electron chi connectivity index (χ2n) is 6.70. The van der Waals surface area contributed by atoms with Gasteiger partial charge in [-0.2, -0.15) is 5.10 Å². The van der Waals surface area contributed by atoms with Crippen LogP contribution in [0.4, 0.5) is 15.9 Å². The van der Waals surface area contributed by atoms with Crippen molar-refractivity contribution in [2.75, 3.05) is 25.5 Å². The van der Waals surface area contributed by atoms with Crippen LogP contribution in [-0.4, -0.2) is 46.0 Å². The number of allylic oxidation sites excluding steroid dienone is 1. The maximum atomic E-state index is 13.5. The molecule has 1 aromatic carbocycles. The van der Waals surface area contributed by atoms with Gasteiger partial charge in [-0.1, -0.05) is 18.2 Å². The summed E-state index contributed by atoms with van der Waals surface area (Å²) in [6, 6.07) is 4.47. The lowest BCUT2D eigenvalue weighted by atomic mass is 9.92. The van der Waals surface area contributed by atoms with E-state index in [1.54, 1.807) is 22.4 Å². The van der Waals surface area contributed by atoms with Crippen LogP contribution in [0.1, 0.15) is 16.9 Å². The molecule has 6 nitrogen and oxygen atoms in total. The van der Waals surface area contributed by atoms with E-state index in [2.05, 4.69) is 27.0 Å². The van der Waals surface area contributed by atoms with Crippen LogP contribution < -0.4 is 5.32 Å². The molecule has 0 atom stereocenters. The van der Waals surface area contributed by atoms with Gasteiger partial charge in [0.15, 0.2) is 0 Å². The summed E-state index contributed by atoms with van der Waals surface area (Å²) in [5.74, 6) is 0.188. The minimum Gasteiger partial charge on any atom is -0.394 e. The molecule has 0 fully saturated rings. The van der Waals surface area contributed by atoms with Crippen molar-refractivity contribution in [1.82, 2.24) is 15.0 Å². The van der Waals surface area contributed by atoms with Gasteiger partial charge in [0.25, 0.3) is 0 Å². The normalized spacial score (nSPS) is 15.0. The van der Waals surface area contributed by atoms with Crippen LogP contribution in [0.3, 0.4) is 0 Å². The standard InChI is InChI=1S/C20H19ClFN5OS/c1-11-16(26-27(2)7-8-28)6-4-13-17-19(23-10-24-20(17)29-18(11)13)25-12-3-5-15(22)14(21)9-12/h3,5,9-10,28H,1,4,6-8H2,2H3,(H,23,24,25)/b26-16-. The Morgan fingerprint density at radius 1 is 1.38 bits per heavy atom. The molecule has 0 amide bonds. The van der Waals surface area contributed by atoms with Gasteiger partial charge in [-0.25, -0.2) is 14.4 Å². The molecule has 2 heterocycles. The monoisotopic (exact) mass is 431 g/mol. The third kappa shape index (κ3) is 3.83. The molecule has 150 valence electrons. The fourth-order valence-corrected chi connectivity index (χ4v) is 4.68. The van der Waals surface area contributed by atoms with E-state index in [0.29, 0.717) is 18.1 Å². The number of aromatic nitrogens is 2. The predicted octanol–water partition coefficient (Wildman–Crippen LogP) is 4.47. The smallest absolute Gasteiger partial charge is 0.142 e. The molecule has 2 aromatic heterocycles. The zero-order valence-electron chi connectivity index (χ0n) is 15.7. The average molecular weight is 432 g/mol. The first kappa shape index (κ1) is 19.8. The Balaban J connectivity index is 1.72. The third-order valence-corrected chi connectivity index (χ3v) is 6.21. The van der Waals surface area contributed by atoms with Crippen molar-refractivity contribution in [1.29, 1.82) is 0 Å². The molecule has 9 heteroatoms. The van der Waals surface area contributed by atoms with Crippen molar-refractivity contribution in [2.45, 2.75) is 12.8 Å². The van der Waals surface area contributed by atoms with Crippen molar-refractivity contribution in [3.63, 3.8) is 0 Å². The SMILES string of the molecule is C=C1/C(=N\N(C)CCO)CCc2c1sc1ncnc(Nc3ccc(F)c(Cl)c3)c21. The topological polar surface area (TPSA) is 73.6 Å². The quantitative estimate of drug-likeness (QED) is 0.583. The number of hydrazone groups is 1. The van der Waals surface area contributed by atoms with Gasteiger partial charge in [0, 0.05) is 23.2 Å². The summed E-state index contributed by atoms with van der Waals surface area (Å²) in [6.07, 6.45) is 3.03. The molecule has 29 heavy (non-hydrogen) atoms. The Labute approximate surface area is 176 Å². The lowest BCUT2D eigenvalue weighted by Crippen LogP contribution is -2.20. The summed E-state index contributed by atoms with van der Waals surface area (Å²) in [5.41, 5.74) is 3.57. The lowest BCUT2D eigenvalue weighted by Gasteiger charge is -2.20. The van der Waals surface area contributed by atoms with Gasteiger partial charge in [0.05, 0.1) is 29.3 Å². The van der Waals surface area contributed by atoms with Gasteiger partial charge < -0.3 is 10.4 Å². The summed E-state index contributed by atoms with van der Waals surface area (Å²) in [5, 5.41) is 19.6. The highest BCUT2D eigenvalue weighted by Gasteiger charge is 2.26. The second kappa shape index (κ2) is 8.06. The Kier molecular flexibility index (Phi) is 5.49.